The predicted molar refractivity (Wildman–Crippen MR) is 93.7 cm³/mol. The van der Waals surface area contributed by atoms with E-state index in [0.717, 1.165) is 31.5 Å². The first-order chi connectivity index (χ1) is 10.8. The van der Waals surface area contributed by atoms with Crippen LogP contribution >= 0.6 is 11.3 Å². The van der Waals surface area contributed by atoms with Gasteiger partial charge in [0.05, 0.1) is 11.6 Å². The number of nitrogens with one attached hydrogen (secondary N) is 1. The molecule has 5 nitrogen and oxygen atoms in total. The van der Waals surface area contributed by atoms with Crippen LogP contribution in [0.3, 0.4) is 0 Å². The molecule has 2 heterocycles. The Labute approximate surface area is 142 Å². The monoisotopic (exact) mass is 337 g/mol. The first kappa shape index (κ1) is 17.9. The molecule has 1 aromatic rings. The Kier molecular flexibility index (Phi) is 5.79. The zero-order valence-electron chi connectivity index (χ0n) is 14.5. The van der Waals surface area contributed by atoms with E-state index in [1.165, 1.54) is 11.3 Å². The highest BCUT2D eigenvalue weighted by atomic mass is 32.1. The van der Waals surface area contributed by atoms with Gasteiger partial charge in [-0.15, -0.1) is 11.3 Å². The van der Waals surface area contributed by atoms with Crippen LogP contribution < -0.4 is 5.32 Å². The second kappa shape index (κ2) is 7.43. The Morgan fingerprint density at radius 3 is 2.78 bits per heavy atom. The third-order valence-electron chi connectivity index (χ3n) is 4.11. The number of thiazole rings is 1. The molecule has 23 heavy (non-hydrogen) atoms. The normalized spacial score (nSPS) is 18.8. The van der Waals surface area contributed by atoms with Gasteiger partial charge in [0.1, 0.15) is 0 Å². The summed E-state index contributed by atoms with van der Waals surface area (Å²) in [6.07, 6.45) is 3.13. The third-order valence-corrected chi connectivity index (χ3v) is 4.87. The summed E-state index contributed by atoms with van der Waals surface area (Å²) in [5.41, 5.74) is 0.967. The van der Waals surface area contributed by atoms with Crippen molar-refractivity contribution in [2.24, 2.45) is 5.92 Å². The Morgan fingerprint density at radius 1 is 1.43 bits per heavy atom. The van der Waals surface area contributed by atoms with E-state index in [-0.39, 0.29) is 23.1 Å². The highest BCUT2D eigenvalue weighted by molar-refractivity contribution is 7.13. The number of hydrogen-bond donors (Lipinski definition) is 1. The molecule has 0 spiro atoms. The quantitative estimate of drug-likeness (QED) is 0.916. The standard InChI is InChI=1S/C17H27N3O2S/c1-5-7-14(21)20-9-6-8-12(10-20)15(22)19-16-18-13(11-23-16)17(2,3)4/h11-12H,5-10H2,1-4H3,(H,18,19,22). The topological polar surface area (TPSA) is 62.3 Å². The molecule has 1 fully saturated rings. The average molecular weight is 337 g/mol. The molecule has 0 aromatic carbocycles. The Morgan fingerprint density at radius 2 is 2.17 bits per heavy atom. The fourth-order valence-corrected chi connectivity index (χ4v) is 3.61. The van der Waals surface area contributed by atoms with Crippen molar-refractivity contribution in [1.29, 1.82) is 0 Å². The number of hydrogen-bond acceptors (Lipinski definition) is 4. The van der Waals surface area contributed by atoms with Crippen molar-refractivity contribution >= 4 is 28.3 Å². The van der Waals surface area contributed by atoms with Crippen LogP contribution in [0.4, 0.5) is 5.13 Å². The lowest BCUT2D eigenvalue weighted by Gasteiger charge is -2.31. The minimum absolute atomic E-state index is 0.0196. The smallest absolute Gasteiger partial charge is 0.231 e. The van der Waals surface area contributed by atoms with E-state index in [1.54, 1.807) is 0 Å². The summed E-state index contributed by atoms with van der Waals surface area (Å²) >= 11 is 1.46. The minimum atomic E-state index is -0.133. The lowest BCUT2D eigenvalue weighted by molar-refractivity contribution is -0.134. The number of nitrogens with zero attached hydrogens (tertiary/aromatic N) is 2. The van der Waals surface area contributed by atoms with E-state index in [0.29, 0.717) is 18.1 Å². The van der Waals surface area contributed by atoms with Crippen molar-refractivity contribution in [3.8, 4) is 0 Å². The van der Waals surface area contributed by atoms with Crippen LogP contribution in [0.15, 0.2) is 5.38 Å². The largest absolute Gasteiger partial charge is 0.342 e. The number of piperidine rings is 1. The van der Waals surface area contributed by atoms with Gasteiger partial charge in [-0.2, -0.15) is 0 Å². The molecule has 0 aliphatic carbocycles. The van der Waals surface area contributed by atoms with Gasteiger partial charge >= 0.3 is 0 Å². The highest BCUT2D eigenvalue weighted by Crippen LogP contribution is 2.27. The maximum Gasteiger partial charge on any atom is 0.231 e. The second-order valence-corrected chi connectivity index (χ2v) is 8.06. The zero-order chi connectivity index (χ0) is 17.0. The second-order valence-electron chi connectivity index (χ2n) is 7.21. The molecular weight excluding hydrogens is 310 g/mol. The summed E-state index contributed by atoms with van der Waals surface area (Å²) in [5, 5.41) is 5.57. The molecule has 1 aromatic heterocycles. The van der Waals surface area contributed by atoms with Gasteiger partial charge in [-0.05, 0) is 19.3 Å². The SMILES string of the molecule is CCCC(=O)N1CCCC(C(=O)Nc2nc(C(C)(C)C)cs2)C1. The third kappa shape index (κ3) is 4.77. The van der Waals surface area contributed by atoms with E-state index in [4.69, 9.17) is 0 Å². The number of likely N-dealkylation sites (tertiary alicyclic amines) is 1. The van der Waals surface area contributed by atoms with Crippen molar-refractivity contribution < 1.29 is 9.59 Å². The summed E-state index contributed by atoms with van der Waals surface area (Å²) < 4.78 is 0. The van der Waals surface area contributed by atoms with Crippen LogP contribution in [0, 0.1) is 5.92 Å². The van der Waals surface area contributed by atoms with E-state index in [1.807, 2.05) is 17.2 Å². The molecule has 1 aliphatic heterocycles. The predicted octanol–water partition coefficient (Wildman–Crippen LogP) is 3.42. The first-order valence-corrected chi connectivity index (χ1v) is 9.24. The number of amides is 2. The van der Waals surface area contributed by atoms with Gasteiger partial charge in [-0.1, -0.05) is 27.7 Å². The molecule has 1 saturated heterocycles. The number of carbonyl (C=O) groups is 2. The van der Waals surface area contributed by atoms with Crippen LogP contribution in [0.2, 0.25) is 0 Å². The van der Waals surface area contributed by atoms with Gasteiger partial charge in [-0.25, -0.2) is 4.98 Å². The maximum absolute atomic E-state index is 12.5. The lowest BCUT2D eigenvalue weighted by Crippen LogP contribution is -2.43. The molecule has 1 unspecified atom stereocenters. The van der Waals surface area contributed by atoms with E-state index < -0.39 is 0 Å². The Balaban J connectivity index is 1.95. The van der Waals surface area contributed by atoms with Crippen LogP contribution in [0.5, 0.6) is 0 Å². The van der Waals surface area contributed by atoms with Crippen LogP contribution in [0.1, 0.15) is 59.1 Å². The number of carbonyl (C=O) groups excluding carboxylic acids is 2. The molecule has 1 aliphatic rings. The summed E-state index contributed by atoms with van der Waals surface area (Å²) in [5.74, 6) is 0.00891. The summed E-state index contributed by atoms with van der Waals surface area (Å²) in [7, 11) is 0. The molecule has 2 amide bonds. The average Bonchev–Trinajstić information content (AvgIpc) is 2.96. The minimum Gasteiger partial charge on any atom is -0.342 e. The molecule has 1 N–H and O–H groups in total. The lowest BCUT2D eigenvalue weighted by atomic mass is 9.93. The van der Waals surface area contributed by atoms with E-state index in [2.05, 4.69) is 31.1 Å². The van der Waals surface area contributed by atoms with Gasteiger partial charge in [0.15, 0.2) is 5.13 Å². The van der Waals surface area contributed by atoms with Crippen LogP contribution in [-0.2, 0) is 15.0 Å². The molecule has 1 atom stereocenters. The number of aromatic nitrogens is 1. The molecular formula is C17H27N3O2S. The number of rotatable bonds is 4. The van der Waals surface area contributed by atoms with Gasteiger partial charge in [0.2, 0.25) is 11.8 Å². The van der Waals surface area contributed by atoms with Crippen molar-refractivity contribution in [1.82, 2.24) is 9.88 Å². The van der Waals surface area contributed by atoms with Crippen LogP contribution in [0.25, 0.3) is 0 Å². The molecule has 2 rings (SSSR count). The van der Waals surface area contributed by atoms with E-state index in [9.17, 15) is 9.59 Å². The summed E-state index contributed by atoms with van der Waals surface area (Å²) in [4.78, 5) is 30.8. The van der Waals surface area contributed by atoms with Crippen molar-refractivity contribution in [3.05, 3.63) is 11.1 Å². The van der Waals surface area contributed by atoms with Crippen LogP contribution in [-0.4, -0.2) is 34.8 Å². The molecule has 0 bridgehead atoms. The zero-order valence-corrected chi connectivity index (χ0v) is 15.3. The highest BCUT2D eigenvalue weighted by Gasteiger charge is 2.28. The molecule has 0 radical (unpaired) electrons. The Bertz CT molecular complexity index is 562. The van der Waals surface area contributed by atoms with Crippen molar-refractivity contribution in [2.75, 3.05) is 18.4 Å². The molecule has 6 heteroatoms. The Hall–Kier alpha value is -1.43. The van der Waals surface area contributed by atoms with Gasteiger partial charge in [-0.3, -0.25) is 9.59 Å². The van der Waals surface area contributed by atoms with E-state index >= 15 is 0 Å². The summed E-state index contributed by atoms with van der Waals surface area (Å²) in [6, 6.07) is 0. The van der Waals surface area contributed by atoms with Gasteiger partial charge in [0, 0.05) is 30.3 Å². The number of anilines is 1. The van der Waals surface area contributed by atoms with Gasteiger partial charge in [0.25, 0.3) is 0 Å². The fraction of sp³-hybridized carbons (Fsp3) is 0.706. The molecule has 0 saturated carbocycles. The van der Waals surface area contributed by atoms with Crippen molar-refractivity contribution in [3.63, 3.8) is 0 Å². The van der Waals surface area contributed by atoms with Crippen molar-refractivity contribution in [2.45, 2.75) is 58.8 Å². The molecule has 128 valence electrons. The van der Waals surface area contributed by atoms with Gasteiger partial charge < -0.3 is 10.2 Å². The maximum atomic E-state index is 12.5. The first-order valence-electron chi connectivity index (χ1n) is 8.36. The summed E-state index contributed by atoms with van der Waals surface area (Å²) in [6.45, 7) is 9.61. The fourth-order valence-electron chi connectivity index (χ4n) is 2.67.